The number of aliphatic hydroxyl groups is 1. The first-order valence-electron chi connectivity index (χ1n) is 5.14. The van der Waals surface area contributed by atoms with E-state index in [1.807, 2.05) is 0 Å². The van der Waals surface area contributed by atoms with Crippen molar-refractivity contribution in [1.29, 1.82) is 5.26 Å². The van der Waals surface area contributed by atoms with Gasteiger partial charge in [0.25, 0.3) is 0 Å². The minimum atomic E-state index is -3.96. The largest absolute Gasteiger partial charge is 0.479 e. The molecule has 1 aromatic heterocycles. The zero-order valence-corrected chi connectivity index (χ0v) is 10.5. The zero-order valence-electron chi connectivity index (χ0n) is 9.65. The van der Waals surface area contributed by atoms with E-state index in [4.69, 9.17) is 15.5 Å². The van der Waals surface area contributed by atoms with E-state index in [9.17, 15) is 13.2 Å². The molecule has 0 saturated heterocycles. The number of aliphatic hydroxyl groups excluding tert-OH is 1. The highest BCUT2D eigenvalue weighted by atomic mass is 32.2. The van der Waals surface area contributed by atoms with Gasteiger partial charge in [-0.05, 0) is 18.6 Å². The summed E-state index contributed by atoms with van der Waals surface area (Å²) in [7, 11) is -3.96. The van der Waals surface area contributed by atoms with E-state index < -0.39 is 22.1 Å². The van der Waals surface area contributed by atoms with Crippen LogP contribution >= 0.6 is 0 Å². The Balaban J connectivity index is 2.77. The number of aromatic nitrogens is 1. The molecule has 0 amide bonds. The summed E-state index contributed by atoms with van der Waals surface area (Å²) in [5.41, 5.74) is -0.256. The van der Waals surface area contributed by atoms with E-state index in [2.05, 4.69) is 9.71 Å². The molecule has 0 aliphatic rings. The van der Waals surface area contributed by atoms with Crippen LogP contribution in [-0.2, 0) is 14.8 Å². The first-order chi connectivity index (χ1) is 8.88. The van der Waals surface area contributed by atoms with Gasteiger partial charge in [-0.2, -0.15) is 5.26 Å². The van der Waals surface area contributed by atoms with E-state index in [0.717, 1.165) is 0 Å². The minimum Gasteiger partial charge on any atom is -0.479 e. The van der Waals surface area contributed by atoms with E-state index in [0.29, 0.717) is 0 Å². The molecule has 9 heteroatoms. The number of hydrogen-bond donors (Lipinski definition) is 3. The molecule has 8 nitrogen and oxygen atoms in total. The Morgan fingerprint density at radius 1 is 1.58 bits per heavy atom. The summed E-state index contributed by atoms with van der Waals surface area (Å²) in [6.07, 6.45) is -0.644. The van der Waals surface area contributed by atoms with Gasteiger partial charge in [-0.3, -0.25) is 0 Å². The SMILES string of the molecule is N#Cc1ncccc1S(=O)(=O)NCCC(O)C(=O)O. The summed E-state index contributed by atoms with van der Waals surface area (Å²) in [6, 6.07) is 4.22. The van der Waals surface area contributed by atoms with Gasteiger partial charge in [-0.15, -0.1) is 0 Å². The van der Waals surface area contributed by atoms with Crippen molar-refractivity contribution in [2.45, 2.75) is 17.4 Å². The van der Waals surface area contributed by atoms with Gasteiger partial charge in [0.2, 0.25) is 10.0 Å². The zero-order chi connectivity index (χ0) is 14.5. The normalized spacial score (nSPS) is 12.6. The van der Waals surface area contributed by atoms with E-state index >= 15 is 0 Å². The lowest BCUT2D eigenvalue weighted by atomic mass is 10.3. The van der Waals surface area contributed by atoms with Gasteiger partial charge in [0.05, 0.1) is 0 Å². The van der Waals surface area contributed by atoms with Crippen LogP contribution in [0.2, 0.25) is 0 Å². The van der Waals surface area contributed by atoms with Crippen molar-refractivity contribution in [1.82, 2.24) is 9.71 Å². The standard InChI is InChI=1S/C10H11N3O5S/c11-6-7-9(2-1-4-12-7)19(17,18)13-5-3-8(14)10(15)16/h1-2,4,8,13-14H,3,5H2,(H,15,16). The third-order valence-electron chi connectivity index (χ3n) is 2.16. The van der Waals surface area contributed by atoms with Gasteiger partial charge >= 0.3 is 5.97 Å². The molecule has 0 radical (unpaired) electrons. The van der Waals surface area contributed by atoms with Gasteiger partial charge in [-0.1, -0.05) is 0 Å². The smallest absolute Gasteiger partial charge is 0.332 e. The molecule has 0 saturated carbocycles. The molecule has 0 fully saturated rings. The number of sulfonamides is 1. The number of carbonyl (C=O) groups is 1. The Kier molecular flexibility index (Phi) is 4.94. The van der Waals surface area contributed by atoms with Crippen LogP contribution in [0.3, 0.4) is 0 Å². The molecule has 1 rings (SSSR count). The third kappa shape index (κ3) is 3.99. The fourth-order valence-corrected chi connectivity index (χ4v) is 2.38. The van der Waals surface area contributed by atoms with Crippen molar-refractivity contribution >= 4 is 16.0 Å². The maximum atomic E-state index is 11.8. The average molecular weight is 285 g/mol. The van der Waals surface area contributed by atoms with Crippen molar-refractivity contribution < 1.29 is 23.4 Å². The fourth-order valence-electron chi connectivity index (χ4n) is 1.22. The maximum Gasteiger partial charge on any atom is 0.332 e. The average Bonchev–Trinajstić information content (AvgIpc) is 2.38. The van der Waals surface area contributed by atoms with Crippen LogP contribution < -0.4 is 4.72 Å². The van der Waals surface area contributed by atoms with Crippen LogP contribution in [0.15, 0.2) is 23.2 Å². The molecule has 0 aliphatic carbocycles. The molecule has 1 atom stereocenters. The molecule has 3 N–H and O–H groups in total. The van der Waals surface area contributed by atoms with Crippen molar-refractivity contribution in [2.24, 2.45) is 0 Å². The second-order valence-corrected chi connectivity index (χ2v) is 5.24. The fraction of sp³-hybridized carbons (Fsp3) is 0.300. The monoisotopic (exact) mass is 285 g/mol. The van der Waals surface area contributed by atoms with Crippen LogP contribution in [0.4, 0.5) is 0 Å². The second kappa shape index (κ2) is 6.24. The van der Waals surface area contributed by atoms with Gasteiger partial charge in [0, 0.05) is 12.7 Å². The summed E-state index contributed by atoms with van der Waals surface area (Å²) in [4.78, 5) is 13.7. The number of pyridine rings is 1. The molecule has 19 heavy (non-hydrogen) atoms. The Labute approximate surface area is 109 Å². The highest BCUT2D eigenvalue weighted by Crippen LogP contribution is 2.11. The lowest BCUT2D eigenvalue weighted by Crippen LogP contribution is -2.30. The lowest BCUT2D eigenvalue weighted by molar-refractivity contribution is -0.146. The van der Waals surface area contributed by atoms with Crippen molar-refractivity contribution in [2.75, 3.05) is 6.54 Å². The topological polar surface area (TPSA) is 140 Å². The van der Waals surface area contributed by atoms with Crippen molar-refractivity contribution in [3.8, 4) is 6.07 Å². The molecule has 0 bridgehead atoms. The first-order valence-corrected chi connectivity index (χ1v) is 6.62. The van der Waals surface area contributed by atoms with Crippen LogP contribution in [0.5, 0.6) is 0 Å². The summed E-state index contributed by atoms with van der Waals surface area (Å²) < 4.78 is 25.8. The van der Waals surface area contributed by atoms with Gasteiger partial charge in [0.1, 0.15) is 11.0 Å². The number of carboxylic acids is 1. The number of hydrogen-bond acceptors (Lipinski definition) is 6. The molecule has 102 valence electrons. The predicted octanol–water partition coefficient (Wildman–Crippen LogP) is -0.933. The molecule has 0 spiro atoms. The van der Waals surface area contributed by atoms with Gasteiger partial charge in [-0.25, -0.2) is 22.9 Å². The summed E-state index contributed by atoms with van der Waals surface area (Å²) in [5.74, 6) is -1.43. The van der Waals surface area contributed by atoms with Crippen molar-refractivity contribution in [3.63, 3.8) is 0 Å². The lowest BCUT2D eigenvalue weighted by Gasteiger charge is -2.08. The number of nitriles is 1. The number of aliphatic carboxylic acids is 1. The summed E-state index contributed by atoms with van der Waals surface area (Å²) in [6.45, 7) is -0.268. The Morgan fingerprint density at radius 3 is 2.84 bits per heavy atom. The number of nitrogens with zero attached hydrogens (tertiary/aromatic N) is 2. The highest BCUT2D eigenvalue weighted by Gasteiger charge is 2.20. The van der Waals surface area contributed by atoms with Gasteiger partial charge in [0.15, 0.2) is 11.8 Å². The quantitative estimate of drug-likeness (QED) is 0.613. The predicted molar refractivity (Wildman–Crippen MR) is 62.4 cm³/mol. The molecule has 1 heterocycles. The van der Waals surface area contributed by atoms with Crippen LogP contribution in [0.25, 0.3) is 0 Å². The minimum absolute atomic E-state index is 0.256. The highest BCUT2D eigenvalue weighted by molar-refractivity contribution is 7.89. The molecular weight excluding hydrogens is 274 g/mol. The summed E-state index contributed by atoms with van der Waals surface area (Å²) in [5, 5.41) is 26.2. The number of nitrogens with one attached hydrogen (secondary N) is 1. The van der Waals surface area contributed by atoms with Crippen LogP contribution in [0.1, 0.15) is 12.1 Å². The van der Waals surface area contributed by atoms with E-state index in [1.54, 1.807) is 6.07 Å². The van der Waals surface area contributed by atoms with Gasteiger partial charge < -0.3 is 10.2 Å². The number of carboxylic acid groups (broad SMARTS) is 1. The molecule has 1 aromatic rings. The third-order valence-corrected chi connectivity index (χ3v) is 3.65. The number of rotatable bonds is 6. The molecule has 0 aromatic carbocycles. The Bertz CT molecular complexity index is 608. The molecule has 1 unspecified atom stereocenters. The molecular formula is C10H11N3O5S. The summed E-state index contributed by atoms with van der Waals surface area (Å²) >= 11 is 0. The maximum absolute atomic E-state index is 11.8. The Hall–Kier alpha value is -2.02. The van der Waals surface area contributed by atoms with Crippen molar-refractivity contribution in [3.05, 3.63) is 24.0 Å². The molecule has 0 aliphatic heterocycles. The van der Waals surface area contributed by atoms with E-state index in [1.165, 1.54) is 18.3 Å². The Morgan fingerprint density at radius 2 is 2.26 bits per heavy atom. The first kappa shape index (κ1) is 15.0. The van der Waals surface area contributed by atoms with E-state index in [-0.39, 0.29) is 23.6 Å². The van der Waals surface area contributed by atoms with Crippen LogP contribution in [0, 0.1) is 11.3 Å². The van der Waals surface area contributed by atoms with Crippen LogP contribution in [-0.4, -0.2) is 42.2 Å². The second-order valence-electron chi connectivity index (χ2n) is 3.50.